The lowest BCUT2D eigenvalue weighted by Gasteiger charge is -2.17. The first-order valence-corrected chi connectivity index (χ1v) is 6.00. The Morgan fingerprint density at radius 1 is 1.37 bits per heavy atom. The van der Waals surface area contributed by atoms with E-state index in [2.05, 4.69) is 11.9 Å². The van der Waals surface area contributed by atoms with Crippen molar-refractivity contribution in [3.63, 3.8) is 0 Å². The van der Waals surface area contributed by atoms with Crippen LogP contribution in [0.5, 0.6) is 0 Å². The summed E-state index contributed by atoms with van der Waals surface area (Å²) in [6.07, 6.45) is 1.24. The van der Waals surface area contributed by atoms with Crippen molar-refractivity contribution in [2.45, 2.75) is 25.0 Å². The zero-order valence-electron chi connectivity index (χ0n) is 10.6. The molecule has 0 aliphatic carbocycles. The van der Waals surface area contributed by atoms with Crippen LogP contribution in [0.2, 0.25) is 0 Å². The minimum Gasteiger partial charge on any atom is -0.378 e. The molecule has 0 aliphatic heterocycles. The zero-order valence-corrected chi connectivity index (χ0v) is 10.6. The van der Waals surface area contributed by atoms with Crippen molar-refractivity contribution in [2.24, 2.45) is 5.73 Å². The Balaban J connectivity index is 2.66. The smallest absolute Gasteiger partial charge is 0.254 e. The van der Waals surface area contributed by atoms with Gasteiger partial charge >= 0.3 is 0 Å². The Morgan fingerprint density at radius 3 is 2.53 bits per heavy atom. The highest BCUT2D eigenvalue weighted by Crippen LogP contribution is 2.12. The van der Waals surface area contributed by atoms with Crippen LogP contribution >= 0.6 is 0 Å². The average molecular weight is 262 g/mol. The van der Waals surface area contributed by atoms with E-state index in [-0.39, 0.29) is 0 Å². The molecule has 0 bridgehead atoms. The van der Waals surface area contributed by atoms with E-state index in [4.69, 9.17) is 5.73 Å². The topological polar surface area (TPSA) is 92.4 Å². The Bertz CT molecular complexity index is 445. The minimum atomic E-state index is -1.31. The molecule has 1 aromatic rings. The molecule has 0 heterocycles. The third-order valence-electron chi connectivity index (χ3n) is 2.68. The predicted molar refractivity (Wildman–Crippen MR) is 72.0 cm³/mol. The molecule has 0 spiro atoms. The Hall–Kier alpha value is -2.14. The quantitative estimate of drug-likeness (QED) is 0.630. The maximum Gasteiger partial charge on any atom is 0.254 e. The van der Waals surface area contributed by atoms with E-state index >= 15 is 0 Å². The maximum atomic E-state index is 11.8. The van der Waals surface area contributed by atoms with Crippen molar-refractivity contribution in [3.05, 3.63) is 48.6 Å². The van der Waals surface area contributed by atoms with E-state index in [1.54, 1.807) is 36.4 Å². The molecule has 0 fully saturated rings. The van der Waals surface area contributed by atoms with Gasteiger partial charge in [0.2, 0.25) is 5.91 Å². The SMILES string of the molecule is C=CCC[C@H](NC(=O)[C@@H](O)c1ccccc1)C(N)=O. The number of nitrogens with one attached hydrogen (secondary N) is 1. The van der Waals surface area contributed by atoms with E-state index in [0.29, 0.717) is 18.4 Å². The van der Waals surface area contributed by atoms with Crippen molar-refractivity contribution in [3.8, 4) is 0 Å². The second-order valence-electron chi connectivity index (χ2n) is 4.14. The summed E-state index contributed by atoms with van der Waals surface area (Å²) in [7, 11) is 0. The van der Waals surface area contributed by atoms with Gasteiger partial charge < -0.3 is 16.2 Å². The summed E-state index contributed by atoms with van der Waals surface area (Å²) in [5, 5.41) is 12.3. The Morgan fingerprint density at radius 2 is 2.00 bits per heavy atom. The highest BCUT2D eigenvalue weighted by molar-refractivity contribution is 5.88. The lowest BCUT2D eigenvalue weighted by atomic mass is 10.1. The average Bonchev–Trinajstić information content (AvgIpc) is 2.43. The molecule has 1 rings (SSSR count). The molecule has 5 heteroatoms. The van der Waals surface area contributed by atoms with Gasteiger partial charge in [0.15, 0.2) is 6.10 Å². The van der Waals surface area contributed by atoms with Gasteiger partial charge in [-0.3, -0.25) is 9.59 Å². The van der Waals surface area contributed by atoms with Crippen LogP contribution in [0.4, 0.5) is 0 Å². The van der Waals surface area contributed by atoms with E-state index in [0.717, 1.165) is 0 Å². The molecule has 0 saturated carbocycles. The summed E-state index contributed by atoms with van der Waals surface area (Å²) in [5.74, 6) is -1.27. The monoisotopic (exact) mass is 262 g/mol. The van der Waals surface area contributed by atoms with Gasteiger partial charge in [-0.2, -0.15) is 0 Å². The lowest BCUT2D eigenvalue weighted by Crippen LogP contribution is -2.46. The number of benzene rings is 1. The molecule has 2 amide bonds. The summed E-state index contributed by atoms with van der Waals surface area (Å²) in [4.78, 5) is 23.0. The van der Waals surface area contributed by atoms with Crippen molar-refractivity contribution >= 4 is 11.8 Å². The number of hydrogen-bond donors (Lipinski definition) is 3. The summed E-state index contributed by atoms with van der Waals surface area (Å²) < 4.78 is 0. The van der Waals surface area contributed by atoms with Crippen LogP contribution in [-0.2, 0) is 9.59 Å². The number of hydrogen-bond acceptors (Lipinski definition) is 3. The van der Waals surface area contributed by atoms with Crippen molar-refractivity contribution in [1.29, 1.82) is 0 Å². The number of allylic oxidation sites excluding steroid dienone is 1. The van der Waals surface area contributed by atoms with E-state index < -0.39 is 24.0 Å². The van der Waals surface area contributed by atoms with Gasteiger partial charge in [-0.1, -0.05) is 36.4 Å². The van der Waals surface area contributed by atoms with Crippen LogP contribution in [0.3, 0.4) is 0 Å². The van der Waals surface area contributed by atoms with Gasteiger partial charge in [0.25, 0.3) is 5.91 Å². The highest BCUT2D eigenvalue weighted by Gasteiger charge is 2.23. The van der Waals surface area contributed by atoms with Gasteiger partial charge in [-0.15, -0.1) is 6.58 Å². The van der Waals surface area contributed by atoms with Crippen LogP contribution in [0.1, 0.15) is 24.5 Å². The van der Waals surface area contributed by atoms with Crippen LogP contribution in [-0.4, -0.2) is 23.0 Å². The number of rotatable bonds is 7. The summed E-state index contributed by atoms with van der Waals surface area (Å²) in [5.41, 5.74) is 5.66. The van der Waals surface area contributed by atoms with Gasteiger partial charge in [-0.05, 0) is 18.4 Å². The largest absolute Gasteiger partial charge is 0.378 e. The summed E-state index contributed by atoms with van der Waals surface area (Å²) in [6, 6.07) is 7.68. The molecular formula is C14H18N2O3. The molecule has 0 unspecified atom stereocenters. The second-order valence-corrected chi connectivity index (χ2v) is 4.14. The molecule has 0 saturated heterocycles. The molecule has 4 N–H and O–H groups in total. The minimum absolute atomic E-state index is 0.367. The first-order chi connectivity index (χ1) is 9.06. The molecule has 0 radical (unpaired) electrons. The number of amides is 2. The second kappa shape index (κ2) is 7.33. The van der Waals surface area contributed by atoms with Crippen molar-refractivity contribution in [2.75, 3.05) is 0 Å². The predicted octanol–water partition coefficient (Wildman–Crippen LogP) is 0.656. The van der Waals surface area contributed by atoms with Crippen LogP contribution in [0.25, 0.3) is 0 Å². The standard InChI is InChI=1S/C14H18N2O3/c1-2-3-9-11(13(15)18)16-14(19)12(17)10-7-5-4-6-8-10/h2,4-8,11-12,17H,1,3,9H2,(H2,15,18)(H,16,19)/t11-,12-/m0/s1. The normalized spacial score (nSPS) is 13.3. The molecule has 5 nitrogen and oxygen atoms in total. The Kier molecular flexibility index (Phi) is 5.75. The van der Waals surface area contributed by atoms with Crippen LogP contribution in [0, 0.1) is 0 Å². The van der Waals surface area contributed by atoms with E-state index in [1.807, 2.05) is 0 Å². The molecule has 102 valence electrons. The number of carbonyl (C=O) groups excluding carboxylic acids is 2. The molecule has 2 atom stereocenters. The molecule has 0 aromatic heterocycles. The maximum absolute atomic E-state index is 11.8. The van der Waals surface area contributed by atoms with Gasteiger partial charge in [0.1, 0.15) is 6.04 Å². The van der Waals surface area contributed by atoms with E-state index in [9.17, 15) is 14.7 Å². The number of aliphatic hydroxyl groups excluding tert-OH is 1. The van der Waals surface area contributed by atoms with Crippen LogP contribution < -0.4 is 11.1 Å². The van der Waals surface area contributed by atoms with Crippen LogP contribution in [0.15, 0.2) is 43.0 Å². The molecule has 0 aliphatic rings. The number of carbonyl (C=O) groups is 2. The fourth-order valence-electron chi connectivity index (χ4n) is 1.61. The third-order valence-corrected chi connectivity index (χ3v) is 2.68. The first-order valence-electron chi connectivity index (χ1n) is 6.00. The van der Waals surface area contributed by atoms with Gasteiger partial charge in [0, 0.05) is 0 Å². The van der Waals surface area contributed by atoms with Gasteiger partial charge in [-0.25, -0.2) is 0 Å². The van der Waals surface area contributed by atoms with E-state index in [1.165, 1.54) is 0 Å². The first kappa shape index (κ1) is 14.9. The summed E-state index contributed by atoms with van der Waals surface area (Å²) >= 11 is 0. The zero-order chi connectivity index (χ0) is 14.3. The fourth-order valence-corrected chi connectivity index (χ4v) is 1.61. The van der Waals surface area contributed by atoms with Crippen molar-refractivity contribution < 1.29 is 14.7 Å². The lowest BCUT2D eigenvalue weighted by molar-refractivity contribution is -0.133. The van der Waals surface area contributed by atoms with Gasteiger partial charge in [0.05, 0.1) is 0 Å². The third kappa shape index (κ3) is 4.56. The molecule has 19 heavy (non-hydrogen) atoms. The Labute approximate surface area is 112 Å². The number of primary amides is 1. The van der Waals surface area contributed by atoms with Crippen molar-refractivity contribution in [1.82, 2.24) is 5.32 Å². The number of aliphatic hydroxyl groups is 1. The molecule has 1 aromatic carbocycles. The fraction of sp³-hybridized carbons (Fsp3) is 0.286. The highest BCUT2D eigenvalue weighted by atomic mass is 16.3. The molecular weight excluding hydrogens is 244 g/mol. The number of nitrogens with two attached hydrogens (primary N) is 1. The summed E-state index contributed by atoms with van der Waals surface area (Å²) in [6.45, 7) is 3.54.